The number of ketones is 1. The molecular weight excluding hydrogens is 366 g/mol. The average Bonchev–Trinajstić information content (AvgIpc) is 3.51. The Labute approximate surface area is 162 Å². The van der Waals surface area contributed by atoms with Crippen LogP contribution in [0.15, 0.2) is 48.5 Å². The van der Waals surface area contributed by atoms with Gasteiger partial charge in [-0.15, -0.1) is 0 Å². The van der Waals surface area contributed by atoms with E-state index in [4.69, 9.17) is 16.3 Å². The molecule has 2 aromatic rings. The van der Waals surface area contributed by atoms with E-state index in [2.05, 4.69) is 5.32 Å². The number of esters is 1. The van der Waals surface area contributed by atoms with Gasteiger partial charge in [-0.05, 0) is 56.0 Å². The third-order valence-electron chi connectivity index (χ3n) is 4.55. The molecule has 27 heavy (non-hydrogen) atoms. The van der Waals surface area contributed by atoms with Gasteiger partial charge in [-0.1, -0.05) is 29.8 Å². The topological polar surface area (TPSA) is 72.5 Å². The highest BCUT2D eigenvalue weighted by Gasteiger charge is 2.29. The Morgan fingerprint density at radius 2 is 1.70 bits per heavy atom. The van der Waals surface area contributed by atoms with Crippen molar-refractivity contribution >= 4 is 29.3 Å². The van der Waals surface area contributed by atoms with Gasteiger partial charge in [0, 0.05) is 22.2 Å². The molecule has 1 amide bonds. The van der Waals surface area contributed by atoms with E-state index in [-0.39, 0.29) is 35.5 Å². The number of benzene rings is 2. The van der Waals surface area contributed by atoms with Crippen LogP contribution in [0, 0.1) is 5.92 Å². The molecule has 1 fully saturated rings. The van der Waals surface area contributed by atoms with Crippen molar-refractivity contribution in [2.24, 2.45) is 5.92 Å². The van der Waals surface area contributed by atoms with E-state index in [0.29, 0.717) is 16.5 Å². The lowest BCUT2D eigenvalue weighted by atomic mass is 9.98. The zero-order chi connectivity index (χ0) is 19.4. The molecule has 0 aromatic heterocycles. The maximum Gasteiger partial charge on any atom is 0.339 e. The molecule has 1 aliphatic carbocycles. The first-order valence-electron chi connectivity index (χ1n) is 8.81. The van der Waals surface area contributed by atoms with Gasteiger partial charge in [0.2, 0.25) is 0 Å². The lowest BCUT2D eigenvalue weighted by Gasteiger charge is -2.13. The lowest BCUT2D eigenvalue weighted by molar-refractivity contribution is -0.124. The number of carbonyl (C=O) groups excluding carboxylic acids is 3. The van der Waals surface area contributed by atoms with E-state index in [1.165, 1.54) is 6.07 Å². The first-order valence-corrected chi connectivity index (χ1v) is 9.19. The van der Waals surface area contributed by atoms with Gasteiger partial charge in [0.1, 0.15) is 0 Å². The van der Waals surface area contributed by atoms with Crippen molar-refractivity contribution in [3.8, 4) is 0 Å². The summed E-state index contributed by atoms with van der Waals surface area (Å²) in [6, 6.07) is 12.9. The highest BCUT2D eigenvalue weighted by atomic mass is 35.5. The van der Waals surface area contributed by atoms with Crippen LogP contribution in [-0.4, -0.2) is 30.3 Å². The van der Waals surface area contributed by atoms with Crippen LogP contribution < -0.4 is 5.32 Å². The predicted octanol–water partition coefficient (Wildman–Crippen LogP) is 3.64. The van der Waals surface area contributed by atoms with Gasteiger partial charge in [0.25, 0.3) is 5.91 Å². The molecule has 0 radical (unpaired) electrons. The summed E-state index contributed by atoms with van der Waals surface area (Å²) in [7, 11) is 0. The van der Waals surface area contributed by atoms with Crippen molar-refractivity contribution in [3.63, 3.8) is 0 Å². The van der Waals surface area contributed by atoms with Crippen LogP contribution in [0.25, 0.3) is 0 Å². The van der Waals surface area contributed by atoms with Gasteiger partial charge < -0.3 is 10.1 Å². The summed E-state index contributed by atoms with van der Waals surface area (Å²) in [6.07, 6.45) is 2.23. The molecule has 0 heterocycles. The molecule has 0 aliphatic heterocycles. The highest BCUT2D eigenvalue weighted by Crippen LogP contribution is 2.32. The van der Waals surface area contributed by atoms with Crippen LogP contribution in [0.2, 0.25) is 5.02 Å². The van der Waals surface area contributed by atoms with E-state index in [1.807, 2.05) is 6.92 Å². The van der Waals surface area contributed by atoms with Gasteiger partial charge >= 0.3 is 5.97 Å². The van der Waals surface area contributed by atoms with Crippen molar-refractivity contribution in [2.45, 2.75) is 25.8 Å². The molecular formula is C21H20ClNO4. The number of ether oxygens (including phenoxy) is 1. The maximum absolute atomic E-state index is 12.7. The molecule has 1 atom stereocenters. The molecule has 0 spiro atoms. The van der Waals surface area contributed by atoms with E-state index < -0.39 is 5.97 Å². The summed E-state index contributed by atoms with van der Waals surface area (Å²) in [5.74, 6) is -0.847. The van der Waals surface area contributed by atoms with Crippen LogP contribution >= 0.6 is 11.6 Å². The summed E-state index contributed by atoms with van der Waals surface area (Å²) in [4.78, 5) is 37.1. The minimum Gasteiger partial charge on any atom is -0.452 e. The van der Waals surface area contributed by atoms with Crippen molar-refractivity contribution < 1.29 is 19.1 Å². The van der Waals surface area contributed by atoms with Gasteiger partial charge in [0.15, 0.2) is 12.4 Å². The van der Waals surface area contributed by atoms with Crippen LogP contribution in [0.5, 0.6) is 0 Å². The van der Waals surface area contributed by atoms with Gasteiger partial charge in [-0.3, -0.25) is 9.59 Å². The van der Waals surface area contributed by atoms with Crippen LogP contribution in [0.1, 0.15) is 46.0 Å². The minimum atomic E-state index is -0.706. The Kier molecular flexibility index (Phi) is 5.91. The third-order valence-corrected chi connectivity index (χ3v) is 4.80. The second kappa shape index (κ2) is 8.35. The Hall–Kier alpha value is -2.66. The number of hydrogen-bond donors (Lipinski definition) is 1. The molecule has 0 bridgehead atoms. The molecule has 1 saturated carbocycles. The Bertz CT molecular complexity index is 859. The first-order chi connectivity index (χ1) is 13.0. The monoisotopic (exact) mass is 385 g/mol. The van der Waals surface area contributed by atoms with Gasteiger partial charge in [0.05, 0.1) is 5.56 Å². The van der Waals surface area contributed by atoms with Crippen molar-refractivity contribution in [3.05, 3.63) is 70.2 Å². The molecule has 140 valence electrons. The van der Waals surface area contributed by atoms with E-state index >= 15 is 0 Å². The van der Waals surface area contributed by atoms with Crippen molar-refractivity contribution in [1.82, 2.24) is 5.32 Å². The highest BCUT2D eigenvalue weighted by molar-refractivity contribution is 6.30. The smallest absolute Gasteiger partial charge is 0.339 e. The lowest BCUT2D eigenvalue weighted by Crippen LogP contribution is -2.37. The van der Waals surface area contributed by atoms with E-state index in [9.17, 15) is 14.4 Å². The fourth-order valence-electron chi connectivity index (χ4n) is 2.83. The Balaban J connectivity index is 1.67. The average molecular weight is 386 g/mol. The predicted molar refractivity (Wildman–Crippen MR) is 102 cm³/mol. The van der Waals surface area contributed by atoms with Gasteiger partial charge in [-0.25, -0.2) is 4.79 Å². The number of amides is 1. The summed E-state index contributed by atoms with van der Waals surface area (Å²) in [5.41, 5.74) is 0.757. The number of rotatable bonds is 7. The Morgan fingerprint density at radius 3 is 2.33 bits per heavy atom. The molecule has 2 aromatic carbocycles. The second-order valence-electron chi connectivity index (χ2n) is 6.65. The van der Waals surface area contributed by atoms with Crippen molar-refractivity contribution in [2.75, 3.05) is 6.61 Å². The van der Waals surface area contributed by atoms with Crippen molar-refractivity contribution in [1.29, 1.82) is 0 Å². The second-order valence-corrected chi connectivity index (χ2v) is 7.09. The SMILES string of the molecule is C[C@H](NC(=O)COC(=O)c1ccccc1C(=O)c1ccc(Cl)cc1)C1CC1. The summed E-state index contributed by atoms with van der Waals surface area (Å²) in [6.45, 7) is 1.57. The largest absolute Gasteiger partial charge is 0.452 e. The first kappa shape index (κ1) is 19.1. The quantitative estimate of drug-likeness (QED) is 0.583. The third kappa shape index (κ3) is 4.95. The Morgan fingerprint density at radius 1 is 1.07 bits per heavy atom. The van der Waals surface area contributed by atoms with E-state index in [1.54, 1.807) is 42.5 Å². The minimum absolute atomic E-state index is 0.0787. The molecule has 3 rings (SSSR count). The summed E-state index contributed by atoms with van der Waals surface area (Å²) in [5, 5.41) is 3.34. The number of carbonyl (C=O) groups is 3. The zero-order valence-corrected chi connectivity index (χ0v) is 15.7. The van der Waals surface area contributed by atoms with Crippen LogP contribution in [-0.2, 0) is 9.53 Å². The maximum atomic E-state index is 12.7. The molecule has 0 unspecified atom stereocenters. The standard InChI is InChI=1S/C21H20ClNO4/c1-13(14-6-7-14)23-19(24)12-27-21(26)18-5-3-2-4-17(18)20(25)15-8-10-16(22)11-9-15/h2-5,8-11,13-14H,6-7,12H2,1H3,(H,23,24)/t13-/m0/s1. The molecule has 1 aliphatic rings. The number of hydrogen-bond acceptors (Lipinski definition) is 4. The normalized spacial score (nSPS) is 14.3. The molecule has 6 heteroatoms. The number of nitrogens with one attached hydrogen (secondary N) is 1. The van der Waals surface area contributed by atoms with Crippen LogP contribution in [0.4, 0.5) is 0 Å². The van der Waals surface area contributed by atoms with Crippen LogP contribution in [0.3, 0.4) is 0 Å². The zero-order valence-electron chi connectivity index (χ0n) is 14.9. The molecule has 5 nitrogen and oxygen atoms in total. The molecule has 1 N–H and O–H groups in total. The summed E-state index contributed by atoms with van der Waals surface area (Å²) >= 11 is 5.85. The fraction of sp³-hybridized carbons (Fsp3) is 0.286. The molecule has 0 saturated heterocycles. The fourth-order valence-corrected chi connectivity index (χ4v) is 2.96. The van der Waals surface area contributed by atoms with E-state index in [0.717, 1.165) is 12.8 Å². The number of halogens is 1. The summed E-state index contributed by atoms with van der Waals surface area (Å²) < 4.78 is 5.11. The van der Waals surface area contributed by atoms with Gasteiger partial charge in [-0.2, -0.15) is 0 Å².